The van der Waals surface area contributed by atoms with E-state index in [4.69, 9.17) is 32.7 Å². The lowest BCUT2D eigenvalue weighted by atomic mass is 10.0. The number of halogens is 2. The Bertz CT molecular complexity index is 1480. The molecule has 4 amide bonds. The Morgan fingerprint density at radius 1 is 1.03 bits per heavy atom. The maximum absolute atomic E-state index is 13.4. The van der Waals surface area contributed by atoms with E-state index in [0.717, 1.165) is 16.0 Å². The summed E-state index contributed by atoms with van der Waals surface area (Å²) in [6.07, 6.45) is 3.55. The molecule has 1 aliphatic heterocycles. The summed E-state index contributed by atoms with van der Waals surface area (Å²) < 4.78 is 11.7. The number of nitrogens with zero attached hydrogens (tertiary/aromatic N) is 1. The fourth-order valence-electron chi connectivity index (χ4n) is 4.04. The van der Waals surface area contributed by atoms with Gasteiger partial charge in [-0.1, -0.05) is 47.5 Å². The summed E-state index contributed by atoms with van der Waals surface area (Å²) >= 11 is 12.2. The van der Waals surface area contributed by atoms with Crippen LogP contribution in [0.3, 0.4) is 0 Å². The highest BCUT2D eigenvalue weighted by molar-refractivity contribution is 6.39. The molecule has 7 nitrogen and oxygen atoms in total. The highest BCUT2D eigenvalue weighted by Crippen LogP contribution is 2.36. The minimum absolute atomic E-state index is 0.219. The smallest absolute Gasteiger partial charge is 0.335 e. The fraction of sp³-hybridized carbons (Fsp3) is 0.138. The van der Waals surface area contributed by atoms with Crippen molar-refractivity contribution >= 4 is 52.8 Å². The van der Waals surface area contributed by atoms with Gasteiger partial charge in [-0.3, -0.25) is 14.9 Å². The molecule has 38 heavy (non-hydrogen) atoms. The van der Waals surface area contributed by atoms with Crippen molar-refractivity contribution in [1.82, 2.24) is 5.32 Å². The van der Waals surface area contributed by atoms with Crippen LogP contribution in [0.25, 0.3) is 6.08 Å². The van der Waals surface area contributed by atoms with Crippen molar-refractivity contribution in [3.05, 3.63) is 105 Å². The van der Waals surface area contributed by atoms with Crippen LogP contribution in [0.15, 0.2) is 72.8 Å². The van der Waals surface area contributed by atoms with Gasteiger partial charge in [0.05, 0.1) is 12.8 Å². The molecule has 4 rings (SSSR count). The van der Waals surface area contributed by atoms with Crippen LogP contribution in [0.2, 0.25) is 10.0 Å². The van der Waals surface area contributed by atoms with Crippen molar-refractivity contribution in [1.29, 1.82) is 0 Å². The molecule has 0 aliphatic carbocycles. The van der Waals surface area contributed by atoms with E-state index >= 15 is 0 Å². The van der Waals surface area contributed by atoms with E-state index in [1.165, 1.54) is 19.3 Å². The summed E-state index contributed by atoms with van der Waals surface area (Å²) in [5, 5.41) is 3.18. The molecule has 0 aromatic heterocycles. The van der Waals surface area contributed by atoms with E-state index in [0.29, 0.717) is 39.1 Å². The predicted octanol–water partition coefficient (Wildman–Crippen LogP) is 6.28. The Hall–Kier alpha value is -4.07. The number of carbonyl (C=O) groups is 3. The number of nitrogens with one attached hydrogen (secondary N) is 1. The molecule has 9 heteroatoms. The third kappa shape index (κ3) is 5.74. The Kier molecular flexibility index (Phi) is 8.20. The lowest BCUT2D eigenvalue weighted by molar-refractivity contribution is -0.122. The van der Waals surface area contributed by atoms with Crippen LogP contribution in [0.4, 0.5) is 10.5 Å². The first kappa shape index (κ1) is 27.0. The Balaban J connectivity index is 1.72. The summed E-state index contributed by atoms with van der Waals surface area (Å²) in [4.78, 5) is 39.6. The highest BCUT2D eigenvalue weighted by Gasteiger charge is 2.37. The number of methoxy groups -OCH3 is 1. The second kappa shape index (κ2) is 11.5. The average molecular weight is 551 g/mol. The summed E-state index contributed by atoms with van der Waals surface area (Å²) in [6, 6.07) is 14.7. The van der Waals surface area contributed by atoms with Crippen LogP contribution in [0.1, 0.15) is 22.3 Å². The summed E-state index contributed by atoms with van der Waals surface area (Å²) in [5.74, 6) is -0.670. The van der Waals surface area contributed by atoms with Crippen LogP contribution in [-0.4, -0.2) is 25.0 Å². The number of allylic oxidation sites excluding steroid dienone is 1. The number of ether oxygens (including phenoxy) is 2. The molecular formula is C29H24Cl2N2O5. The zero-order chi connectivity index (χ0) is 27.4. The molecule has 1 saturated heterocycles. The first-order valence-electron chi connectivity index (χ1n) is 11.6. The molecule has 1 heterocycles. The van der Waals surface area contributed by atoms with Crippen molar-refractivity contribution in [2.75, 3.05) is 12.0 Å². The molecular weight excluding hydrogens is 527 g/mol. The van der Waals surface area contributed by atoms with Gasteiger partial charge in [-0.2, -0.15) is 0 Å². The standard InChI is InChI=1S/C29H24Cl2N2O5/c1-4-6-20-11-19(14-25(37-3)26(20)38-16-18-7-5-8-21(30)12-18)13-23-27(34)32-29(36)33(28(23)35)24-15-22(31)10-9-17(24)2/h4-5,7-15H,1,6,16H2,2-3H3,(H,32,34,36)/b23-13+. The summed E-state index contributed by atoms with van der Waals surface area (Å²) in [6.45, 7) is 5.80. The third-order valence-corrected chi connectivity index (χ3v) is 6.31. The van der Waals surface area contributed by atoms with Gasteiger partial charge < -0.3 is 9.47 Å². The molecule has 0 spiro atoms. The minimum atomic E-state index is -0.850. The Labute approximate surface area is 230 Å². The van der Waals surface area contributed by atoms with Gasteiger partial charge in [0.2, 0.25) is 0 Å². The number of hydrogen-bond acceptors (Lipinski definition) is 5. The van der Waals surface area contributed by atoms with Gasteiger partial charge in [0.1, 0.15) is 12.2 Å². The lowest BCUT2D eigenvalue weighted by Gasteiger charge is -2.27. The van der Waals surface area contributed by atoms with E-state index < -0.39 is 17.8 Å². The second-order valence-corrected chi connectivity index (χ2v) is 9.38. The number of anilines is 1. The topological polar surface area (TPSA) is 84.9 Å². The monoisotopic (exact) mass is 550 g/mol. The van der Waals surface area contributed by atoms with Gasteiger partial charge in [0.25, 0.3) is 11.8 Å². The zero-order valence-corrected chi connectivity index (χ0v) is 22.2. The number of aryl methyl sites for hydroxylation is 1. The Morgan fingerprint density at radius 2 is 1.79 bits per heavy atom. The first-order chi connectivity index (χ1) is 18.2. The van der Waals surface area contributed by atoms with E-state index in [2.05, 4.69) is 11.9 Å². The number of carbonyl (C=O) groups excluding carboxylic acids is 3. The van der Waals surface area contributed by atoms with Gasteiger partial charge in [-0.25, -0.2) is 9.69 Å². The average Bonchev–Trinajstić information content (AvgIpc) is 2.87. The first-order valence-corrected chi connectivity index (χ1v) is 12.3. The molecule has 1 fully saturated rings. The van der Waals surface area contributed by atoms with Crippen molar-refractivity contribution in [3.8, 4) is 11.5 Å². The number of benzene rings is 3. The van der Waals surface area contributed by atoms with Crippen LogP contribution in [-0.2, 0) is 22.6 Å². The third-order valence-electron chi connectivity index (χ3n) is 5.84. The van der Waals surface area contributed by atoms with Crippen LogP contribution >= 0.6 is 23.2 Å². The number of amides is 4. The van der Waals surface area contributed by atoms with Crippen LogP contribution in [0, 0.1) is 6.92 Å². The zero-order valence-electron chi connectivity index (χ0n) is 20.7. The van der Waals surface area contributed by atoms with E-state index in [1.54, 1.807) is 43.3 Å². The van der Waals surface area contributed by atoms with Gasteiger partial charge in [-0.05, 0) is 72.5 Å². The van der Waals surface area contributed by atoms with Crippen LogP contribution < -0.4 is 19.7 Å². The molecule has 1 N–H and O–H groups in total. The number of urea groups is 1. The van der Waals surface area contributed by atoms with E-state index in [9.17, 15) is 14.4 Å². The fourth-order valence-corrected chi connectivity index (χ4v) is 4.42. The molecule has 0 bridgehead atoms. The molecule has 3 aromatic carbocycles. The number of imide groups is 2. The molecule has 0 unspecified atom stereocenters. The number of rotatable bonds is 8. The van der Waals surface area contributed by atoms with Crippen molar-refractivity contribution in [2.45, 2.75) is 20.0 Å². The molecule has 3 aromatic rings. The quantitative estimate of drug-likeness (QED) is 0.202. The highest BCUT2D eigenvalue weighted by atomic mass is 35.5. The molecule has 1 aliphatic rings. The van der Waals surface area contributed by atoms with E-state index in [-0.39, 0.29) is 17.9 Å². The minimum Gasteiger partial charge on any atom is -0.493 e. The maximum Gasteiger partial charge on any atom is 0.335 e. The summed E-state index contributed by atoms with van der Waals surface area (Å²) in [5.41, 5.74) is 2.82. The predicted molar refractivity (Wildman–Crippen MR) is 148 cm³/mol. The number of barbiturate groups is 1. The molecule has 194 valence electrons. The van der Waals surface area contributed by atoms with Gasteiger partial charge in [0.15, 0.2) is 11.5 Å². The van der Waals surface area contributed by atoms with Gasteiger partial charge >= 0.3 is 6.03 Å². The maximum atomic E-state index is 13.4. The molecule has 0 radical (unpaired) electrons. The van der Waals surface area contributed by atoms with Crippen molar-refractivity contribution in [2.24, 2.45) is 0 Å². The normalized spacial score (nSPS) is 14.5. The summed E-state index contributed by atoms with van der Waals surface area (Å²) in [7, 11) is 1.50. The molecule has 0 atom stereocenters. The number of hydrogen-bond donors (Lipinski definition) is 1. The van der Waals surface area contributed by atoms with Crippen LogP contribution in [0.5, 0.6) is 11.5 Å². The van der Waals surface area contributed by atoms with Gasteiger partial charge in [0, 0.05) is 15.6 Å². The van der Waals surface area contributed by atoms with Gasteiger partial charge in [-0.15, -0.1) is 6.58 Å². The SMILES string of the molecule is C=CCc1cc(/C=C2\C(=O)NC(=O)N(c3cc(Cl)ccc3C)C2=O)cc(OC)c1OCc1cccc(Cl)c1. The van der Waals surface area contributed by atoms with Crippen molar-refractivity contribution in [3.63, 3.8) is 0 Å². The second-order valence-electron chi connectivity index (χ2n) is 8.51. The largest absolute Gasteiger partial charge is 0.493 e. The van der Waals surface area contributed by atoms with Crippen molar-refractivity contribution < 1.29 is 23.9 Å². The Morgan fingerprint density at radius 3 is 2.50 bits per heavy atom. The lowest BCUT2D eigenvalue weighted by Crippen LogP contribution is -2.54. The molecule has 0 saturated carbocycles. The van der Waals surface area contributed by atoms with E-state index in [1.807, 2.05) is 18.2 Å².